The SMILES string of the molecule is CN(C(=O)CN(C)C1CCC(c2ccccc2)CC1)c1ccc([N+](=O)[O-])cc1. The molecule has 1 aliphatic rings. The Kier molecular flexibility index (Phi) is 6.41. The minimum absolute atomic E-state index is 0.0125. The van der Waals surface area contributed by atoms with Gasteiger partial charge in [-0.15, -0.1) is 0 Å². The van der Waals surface area contributed by atoms with Crippen molar-refractivity contribution in [1.29, 1.82) is 0 Å². The minimum Gasteiger partial charge on any atom is -0.314 e. The summed E-state index contributed by atoms with van der Waals surface area (Å²) in [6, 6.07) is 17.1. The lowest BCUT2D eigenvalue weighted by Gasteiger charge is -2.35. The van der Waals surface area contributed by atoms with Crippen molar-refractivity contribution in [2.24, 2.45) is 0 Å². The molecule has 3 rings (SSSR count). The van der Waals surface area contributed by atoms with Gasteiger partial charge in [0.15, 0.2) is 0 Å². The number of benzene rings is 2. The van der Waals surface area contributed by atoms with Crippen LogP contribution in [-0.4, -0.2) is 42.4 Å². The lowest BCUT2D eigenvalue weighted by Crippen LogP contribution is -2.42. The maximum absolute atomic E-state index is 12.7. The zero-order valence-electron chi connectivity index (χ0n) is 16.5. The molecule has 0 N–H and O–H groups in total. The number of nitro benzene ring substituents is 1. The van der Waals surface area contributed by atoms with E-state index in [1.807, 2.05) is 7.05 Å². The first kappa shape index (κ1) is 20.0. The average molecular weight is 381 g/mol. The molecule has 0 aromatic heterocycles. The molecule has 0 bridgehead atoms. The predicted octanol–water partition coefficient (Wildman–Crippen LogP) is 4.22. The second-order valence-corrected chi connectivity index (χ2v) is 7.56. The van der Waals surface area contributed by atoms with Crippen LogP contribution in [-0.2, 0) is 4.79 Å². The third kappa shape index (κ3) is 4.75. The van der Waals surface area contributed by atoms with Crippen molar-refractivity contribution in [1.82, 2.24) is 4.90 Å². The number of non-ortho nitro benzene ring substituents is 1. The van der Waals surface area contributed by atoms with Crippen LogP contribution in [0.1, 0.15) is 37.2 Å². The molecule has 1 aliphatic carbocycles. The van der Waals surface area contributed by atoms with Gasteiger partial charge in [0.1, 0.15) is 0 Å². The Hall–Kier alpha value is -2.73. The number of nitro groups is 1. The summed E-state index contributed by atoms with van der Waals surface area (Å²) >= 11 is 0. The number of nitrogens with zero attached hydrogens (tertiary/aromatic N) is 3. The van der Waals surface area contributed by atoms with E-state index in [0.29, 0.717) is 24.2 Å². The summed E-state index contributed by atoms with van der Waals surface area (Å²) in [6.45, 7) is 0.341. The zero-order chi connectivity index (χ0) is 20.1. The monoisotopic (exact) mass is 381 g/mol. The lowest BCUT2D eigenvalue weighted by atomic mass is 9.81. The second-order valence-electron chi connectivity index (χ2n) is 7.56. The normalized spacial score (nSPS) is 19.4. The van der Waals surface area contributed by atoms with Crippen molar-refractivity contribution in [3.05, 3.63) is 70.3 Å². The molecule has 6 nitrogen and oxygen atoms in total. The van der Waals surface area contributed by atoms with Gasteiger partial charge in [0, 0.05) is 30.9 Å². The van der Waals surface area contributed by atoms with Gasteiger partial charge in [-0.1, -0.05) is 30.3 Å². The Labute approximate surface area is 165 Å². The summed E-state index contributed by atoms with van der Waals surface area (Å²) in [7, 11) is 3.72. The van der Waals surface area contributed by atoms with Crippen LogP contribution in [0.15, 0.2) is 54.6 Å². The van der Waals surface area contributed by atoms with Gasteiger partial charge >= 0.3 is 0 Å². The quantitative estimate of drug-likeness (QED) is 0.555. The Balaban J connectivity index is 1.52. The van der Waals surface area contributed by atoms with E-state index in [4.69, 9.17) is 0 Å². The van der Waals surface area contributed by atoms with Gasteiger partial charge in [-0.25, -0.2) is 0 Å². The molecule has 1 fully saturated rings. The topological polar surface area (TPSA) is 66.7 Å². The van der Waals surface area contributed by atoms with E-state index in [2.05, 4.69) is 35.2 Å². The molecular weight excluding hydrogens is 354 g/mol. The maximum atomic E-state index is 12.7. The van der Waals surface area contributed by atoms with Crippen LogP contribution < -0.4 is 4.90 Å². The summed E-state index contributed by atoms with van der Waals surface area (Å²) in [5.41, 5.74) is 2.10. The highest BCUT2D eigenvalue weighted by Gasteiger charge is 2.26. The molecule has 1 saturated carbocycles. The van der Waals surface area contributed by atoms with E-state index in [-0.39, 0.29) is 11.6 Å². The predicted molar refractivity (Wildman–Crippen MR) is 111 cm³/mol. The Bertz CT molecular complexity index is 800. The molecule has 28 heavy (non-hydrogen) atoms. The molecule has 148 valence electrons. The summed E-state index contributed by atoms with van der Waals surface area (Å²) in [6.07, 6.45) is 4.46. The largest absolute Gasteiger partial charge is 0.314 e. The van der Waals surface area contributed by atoms with Crippen LogP contribution in [0, 0.1) is 10.1 Å². The lowest BCUT2D eigenvalue weighted by molar-refractivity contribution is -0.384. The maximum Gasteiger partial charge on any atom is 0.269 e. The minimum atomic E-state index is -0.439. The fraction of sp³-hybridized carbons (Fsp3) is 0.409. The van der Waals surface area contributed by atoms with E-state index in [1.165, 1.54) is 17.7 Å². The van der Waals surface area contributed by atoms with Crippen LogP contribution in [0.3, 0.4) is 0 Å². The van der Waals surface area contributed by atoms with Gasteiger partial charge in [-0.3, -0.25) is 19.8 Å². The van der Waals surface area contributed by atoms with Gasteiger partial charge in [0.2, 0.25) is 5.91 Å². The van der Waals surface area contributed by atoms with Crippen LogP contribution in [0.2, 0.25) is 0 Å². The standard InChI is InChI=1S/C22H27N3O3/c1-23(19-10-8-18(9-11-19)17-6-4-3-5-7-17)16-22(26)24(2)20-12-14-21(15-13-20)25(27)28/h3-7,12-15,18-19H,8-11,16H2,1-2H3. The van der Waals surface area contributed by atoms with Crippen molar-refractivity contribution in [3.63, 3.8) is 0 Å². The molecule has 0 unspecified atom stereocenters. The average Bonchev–Trinajstić information content (AvgIpc) is 2.74. The molecule has 0 spiro atoms. The summed E-state index contributed by atoms with van der Waals surface area (Å²) in [5, 5.41) is 10.8. The van der Waals surface area contributed by atoms with Crippen molar-refractivity contribution < 1.29 is 9.72 Å². The fourth-order valence-electron chi connectivity index (χ4n) is 3.97. The Morgan fingerprint density at radius 3 is 2.18 bits per heavy atom. The van der Waals surface area contributed by atoms with Gasteiger partial charge in [-0.2, -0.15) is 0 Å². The number of likely N-dealkylation sites (N-methyl/N-ethyl adjacent to an activating group) is 2. The van der Waals surface area contributed by atoms with Crippen molar-refractivity contribution in [3.8, 4) is 0 Å². The summed E-state index contributed by atoms with van der Waals surface area (Å²) in [4.78, 5) is 26.7. The summed E-state index contributed by atoms with van der Waals surface area (Å²) in [5.74, 6) is 0.603. The number of hydrogen-bond acceptors (Lipinski definition) is 4. The zero-order valence-corrected chi connectivity index (χ0v) is 16.5. The molecule has 0 radical (unpaired) electrons. The highest BCUT2D eigenvalue weighted by Crippen LogP contribution is 2.34. The smallest absolute Gasteiger partial charge is 0.269 e. The van der Waals surface area contributed by atoms with E-state index >= 15 is 0 Å². The van der Waals surface area contributed by atoms with Crippen molar-refractivity contribution in [2.75, 3.05) is 25.5 Å². The molecular formula is C22H27N3O3. The summed E-state index contributed by atoms with van der Waals surface area (Å²) < 4.78 is 0. The van der Waals surface area contributed by atoms with Crippen molar-refractivity contribution >= 4 is 17.3 Å². The molecule has 0 saturated heterocycles. The highest BCUT2D eigenvalue weighted by molar-refractivity contribution is 5.94. The first-order valence-electron chi connectivity index (χ1n) is 9.72. The number of amides is 1. The van der Waals surface area contributed by atoms with E-state index < -0.39 is 4.92 Å². The van der Waals surface area contributed by atoms with Gasteiger partial charge in [-0.05, 0) is 56.3 Å². The van der Waals surface area contributed by atoms with E-state index in [0.717, 1.165) is 25.7 Å². The van der Waals surface area contributed by atoms with E-state index in [1.54, 1.807) is 24.1 Å². The number of carbonyl (C=O) groups excluding carboxylic acids is 1. The number of hydrogen-bond donors (Lipinski definition) is 0. The molecule has 6 heteroatoms. The molecule has 2 aromatic rings. The van der Waals surface area contributed by atoms with Crippen LogP contribution >= 0.6 is 0 Å². The number of rotatable bonds is 6. The molecule has 0 heterocycles. The van der Waals surface area contributed by atoms with Gasteiger partial charge in [0.25, 0.3) is 5.69 Å². The first-order valence-corrected chi connectivity index (χ1v) is 9.72. The van der Waals surface area contributed by atoms with Crippen LogP contribution in [0.25, 0.3) is 0 Å². The molecule has 0 aliphatic heterocycles. The van der Waals surface area contributed by atoms with Gasteiger partial charge in [0.05, 0.1) is 11.5 Å². The second kappa shape index (κ2) is 8.97. The van der Waals surface area contributed by atoms with Crippen LogP contribution in [0.5, 0.6) is 0 Å². The number of anilines is 1. The number of carbonyl (C=O) groups is 1. The fourth-order valence-corrected chi connectivity index (χ4v) is 3.97. The third-order valence-corrected chi connectivity index (χ3v) is 5.80. The van der Waals surface area contributed by atoms with Crippen LogP contribution in [0.4, 0.5) is 11.4 Å². The molecule has 2 aromatic carbocycles. The van der Waals surface area contributed by atoms with E-state index in [9.17, 15) is 14.9 Å². The Morgan fingerprint density at radius 1 is 1.00 bits per heavy atom. The third-order valence-electron chi connectivity index (χ3n) is 5.80. The molecule has 0 atom stereocenters. The Morgan fingerprint density at radius 2 is 1.61 bits per heavy atom. The highest BCUT2D eigenvalue weighted by atomic mass is 16.6. The van der Waals surface area contributed by atoms with Crippen molar-refractivity contribution in [2.45, 2.75) is 37.6 Å². The first-order chi connectivity index (χ1) is 13.5. The van der Waals surface area contributed by atoms with Gasteiger partial charge < -0.3 is 4.90 Å². The molecule has 1 amide bonds.